The Morgan fingerprint density at radius 2 is 1.48 bits per heavy atom. The molecule has 0 amide bonds. The van der Waals surface area contributed by atoms with Crippen molar-refractivity contribution in [2.75, 3.05) is 0 Å². The molecule has 0 N–H and O–H groups in total. The fourth-order valence-electron chi connectivity index (χ4n) is 6.28. The molecule has 4 heteroatoms. The highest BCUT2D eigenvalue weighted by Crippen LogP contribution is 2.64. The first-order valence-corrected chi connectivity index (χ1v) is 11.3. The van der Waals surface area contributed by atoms with Gasteiger partial charge in [-0.15, -0.1) is 0 Å². The molecule has 0 saturated heterocycles. The van der Waals surface area contributed by atoms with Crippen LogP contribution in [0.1, 0.15) is 60.6 Å². The Balaban J connectivity index is 1.45. The van der Waals surface area contributed by atoms with E-state index < -0.39 is 11.5 Å². The van der Waals surface area contributed by atoms with Crippen LogP contribution in [0.25, 0.3) is 0 Å². The van der Waals surface area contributed by atoms with E-state index >= 15 is 0 Å². The first kappa shape index (κ1) is 19.0. The first-order chi connectivity index (χ1) is 14.0. The molecular weight excluding hydrogens is 428 g/mol. The molecule has 150 valence electrons. The predicted molar refractivity (Wildman–Crippen MR) is 115 cm³/mol. The van der Waals surface area contributed by atoms with Crippen molar-refractivity contribution in [3.63, 3.8) is 0 Å². The molecular formula is C25H25BrO3. The van der Waals surface area contributed by atoms with E-state index in [2.05, 4.69) is 15.9 Å². The van der Waals surface area contributed by atoms with Crippen molar-refractivity contribution in [1.82, 2.24) is 0 Å². The van der Waals surface area contributed by atoms with Crippen molar-refractivity contribution in [1.29, 1.82) is 0 Å². The summed E-state index contributed by atoms with van der Waals surface area (Å²) in [5.41, 5.74) is 0.849. The minimum atomic E-state index is -0.898. The number of halogens is 1. The molecule has 3 unspecified atom stereocenters. The normalized spacial score (nSPS) is 33.3. The first-order valence-electron chi connectivity index (χ1n) is 10.5. The smallest absolute Gasteiger partial charge is 0.313 e. The van der Waals surface area contributed by atoms with Crippen molar-refractivity contribution >= 4 is 27.7 Å². The van der Waals surface area contributed by atoms with Crippen molar-refractivity contribution in [2.45, 2.75) is 49.0 Å². The fraction of sp³-hybridized carbons (Fsp3) is 0.440. The van der Waals surface area contributed by atoms with Gasteiger partial charge < -0.3 is 4.74 Å². The average Bonchev–Trinajstić information content (AvgIpc) is 2.71. The third-order valence-electron chi connectivity index (χ3n) is 7.05. The van der Waals surface area contributed by atoms with Crippen LogP contribution < -0.4 is 0 Å². The van der Waals surface area contributed by atoms with Gasteiger partial charge in [-0.2, -0.15) is 0 Å². The number of carbonyl (C=O) groups is 2. The number of ketones is 1. The molecule has 3 atom stereocenters. The van der Waals surface area contributed by atoms with Gasteiger partial charge in [-0.3, -0.25) is 9.59 Å². The molecule has 6 rings (SSSR count). The zero-order valence-electron chi connectivity index (χ0n) is 16.4. The maximum absolute atomic E-state index is 13.6. The molecule has 4 saturated carbocycles. The summed E-state index contributed by atoms with van der Waals surface area (Å²) in [6.07, 6.45) is 5.27. The highest BCUT2D eigenvalue weighted by Gasteiger charge is 2.60. The number of esters is 1. The number of Topliss-reactive ketones (excluding diaryl/α,β-unsaturated/α-hetero) is 1. The van der Waals surface area contributed by atoms with Gasteiger partial charge >= 0.3 is 5.97 Å². The summed E-state index contributed by atoms with van der Waals surface area (Å²) in [5.74, 6) is 0.823. The summed E-state index contributed by atoms with van der Waals surface area (Å²) >= 11 is 3.96. The third-order valence-corrected chi connectivity index (χ3v) is 7.97. The Hall–Kier alpha value is -1.94. The summed E-state index contributed by atoms with van der Waals surface area (Å²) in [6, 6.07) is 18.5. The summed E-state index contributed by atoms with van der Waals surface area (Å²) in [5, 5.41) is 0. The van der Waals surface area contributed by atoms with Gasteiger partial charge in [0.15, 0.2) is 6.10 Å². The second-order valence-corrected chi connectivity index (χ2v) is 11.0. The maximum Gasteiger partial charge on any atom is 0.313 e. The molecule has 2 aromatic rings. The molecule has 4 aliphatic carbocycles. The Morgan fingerprint density at radius 3 is 2.07 bits per heavy atom. The van der Waals surface area contributed by atoms with E-state index in [0.717, 1.165) is 37.7 Å². The molecule has 0 radical (unpaired) electrons. The van der Waals surface area contributed by atoms with Crippen molar-refractivity contribution in [3.8, 4) is 0 Å². The molecule has 29 heavy (non-hydrogen) atoms. The van der Waals surface area contributed by atoms with Gasteiger partial charge in [0.2, 0.25) is 5.78 Å². The summed E-state index contributed by atoms with van der Waals surface area (Å²) in [4.78, 5) is 26.8. The van der Waals surface area contributed by atoms with Crippen molar-refractivity contribution < 1.29 is 14.3 Å². The SMILES string of the molecule is O=C(c1ccccc1)C(OC(=O)C12CC3CC(CC(Br)(C3)C1)C2)c1ccccc1. The number of benzene rings is 2. The van der Waals surface area contributed by atoms with Gasteiger partial charge in [0.25, 0.3) is 0 Å². The molecule has 4 bridgehead atoms. The van der Waals surface area contributed by atoms with E-state index in [1.54, 1.807) is 12.1 Å². The largest absolute Gasteiger partial charge is 0.449 e. The molecule has 0 aliphatic heterocycles. The van der Waals surface area contributed by atoms with Gasteiger partial charge in [-0.1, -0.05) is 76.6 Å². The van der Waals surface area contributed by atoms with E-state index in [1.165, 1.54) is 6.42 Å². The average molecular weight is 453 g/mol. The number of alkyl halides is 1. The van der Waals surface area contributed by atoms with Crippen LogP contribution in [0.15, 0.2) is 60.7 Å². The van der Waals surface area contributed by atoms with Crippen LogP contribution in [0.3, 0.4) is 0 Å². The van der Waals surface area contributed by atoms with Crippen LogP contribution in [-0.2, 0) is 9.53 Å². The zero-order valence-corrected chi connectivity index (χ0v) is 17.9. The van der Waals surface area contributed by atoms with Gasteiger partial charge in [0.05, 0.1) is 5.41 Å². The Morgan fingerprint density at radius 1 is 0.897 bits per heavy atom. The molecule has 0 heterocycles. The highest BCUT2D eigenvalue weighted by atomic mass is 79.9. The minimum absolute atomic E-state index is 0.0712. The number of carbonyl (C=O) groups excluding carboxylic acids is 2. The Labute approximate surface area is 180 Å². The second-order valence-electron chi connectivity index (χ2n) is 9.32. The summed E-state index contributed by atoms with van der Waals surface area (Å²) < 4.78 is 6.14. The Kier molecular flexibility index (Phi) is 4.65. The third kappa shape index (κ3) is 3.46. The monoisotopic (exact) mass is 452 g/mol. The number of hydrogen-bond acceptors (Lipinski definition) is 3. The highest BCUT2D eigenvalue weighted by molar-refractivity contribution is 9.10. The lowest BCUT2D eigenvalue weighted by Crippen LogP contribution is -2.56. The molecule has 0 aromatic heterocycles. The molecule has 0 spiro atoms. The van der Waals surface area contributed by atoms with Crippen LogP contribution in [0.2, 0.25) is 0 Å². The van der Waals surface area contributed by atoms with E-state index in [-0.39, 0.29) is 16.1 Å². The lowest BCUT2D eigenvalue weighted by Gasteiger charge is -2.59. The summed E-state index contributed by atoms with van der Waals surface area (Å²) in [6.45, 7) is 0. The Bertz CT molecular complexity index is 910. The van der Waals surface area contributed by atoms with Gasteiger partial charge in [-0.05, 0) is 50.4 Å². The molecule has 4 aliphatic rings. The van der Waals surface area contributed by atoms with E-state index in [4.69, 9.17) is 4.74 Å². The number of ether oxygens (including phenoxy) is 1. The van der Waals surface area contributed by atoms with Gasteiger partial charge in [-0.25, -0.2) is 0 Å². The topological polar surface area (TPSA) is 43.4 Å². The molecule has 2 aromatic carbocycles. The maximum atomic E-state index is 13.6. The van der Waals surface area contributed by atoms with E-state index in [9.17, 15) is 9.59 Å². The van der Waals surface area contributed by atoms with Crippen LogP contribution in [-0.4, -0.2) is 16.1 Å². The molecule has 4 fully saturated rings. The van der Waals surface area contributed by atoms with Gasteiger partial charge in [0.1, 0.15) is 0 Å². The minimum Gasteiger partial charge on any atom is -0.449 e. The quantitative estimate of drug-likeness (QED) is 0.322. The van der Waals surface area contributed by atoms with Crippen LogP contribution in [0, 0.1) is 17.3 Å². The van der Waals surface area contributed by atoms with Crippen LogP contribution in [0.5, 0.6) is 0 Å². The van der Waals surface area contributed by atoms with Crippen molar-refractivity contribution in [2.24, 2.45) is 17.3 Å². The zero-order chi connectivity index (χ0) is 20.1. The van der Waals surface area contributed by atoms with Crippen molar-refractivity contribution in [3.05, 3.63) is 71.8 Å². The summed E-state index contributed by atoms with van der Waals surface area (Å²) in [7, 11) is 0. The molecule has 3 nitrogen and oxygen atoms in total. The van der Waals surface area contributed by atoms with E-state index in [0.29, 0.717) is 17.4 Å². The van der Waals surface area contributed by atoms with Crippen LogP contribution >= 0.6 is 15.9 Å². The van der Waals surface area contributed by atoms with Crippen LogP contribution in [0.4, 0.5) is 0 Å². The lowest BCUT2D eigenvalue weighted by atomic mass is 9.49. The predicted octanol–water partition coefficient (Wildman–Crippen LogP) is 5.89. The van der Waals surface area contributed by atoms with E-state index in [1.807, 2.05) is 48.5 Å². The number of rotatable bonds is 5. The standard InChI is InChI=1S/C25H25BrO3/c26-25-14-17-11-18(15-25)13-24(12-17,16-25)23(28)29-22(20-9-5-2-6-10-20)21(27)19-7-3-1-4-8-19/h1-10,17-18,22H,11-16H2. The second kappa shape index (κ2) is 7.09. The fourth-order valence-corrected chi connectivity index (χ4v) is 7.73. The van der Waals surface area contributed by atoms with Gasteiger partial charge in [0, 0.05) is 15.5 Å². The lowest BCUT2D eigenvalue weighted by molar-refractivity contribution is -0.173. The number of hydrogen-bond donors (Lipinski definition) is 0.